The van der Waals surface area contributed by atoms with E-state index in [0.717, 1.165) is 24.3 Å². The van der Waals surface area contributed by atoms with Crippen molar-refractivity contribution in [3.63, 3.8) is 0 Å². The smallest absolute Gasteiger partial charge is 0.119 e. The Hall–Kier alpha value is -2.00. The first-order valence-electron chi connectivity index (χ1n) is 7.45. The van der Waals surface area contributed by atoms with Crippen molar-refractivity contribution in [3.05, 3.63) is 59.7 Å². The van der Waals surface area contributed by atoms with Gasteiger partial charge in [0, 0.05) is 19.3 Å². The van der Waals surface area contributed by atoms with Gasteiger partial charge in [-0.25, -0.2) is 0 Å². The van der Waals surface area contributed by atoms with Gasteiger partial charge in [-0.15, -0.1) is 0 Å². The third-order valence-corrected chi connectivity index (χ3v) is 3.61. The molecule has 0 radical (unpaired) electrons. The number of likely N-dealkylation sites (N-methyl/N-ethyl adjacent to an activating group) is 1. The Morgan fingerprint density at radius 2 is 1.81 bits per heavy atom. The highest BCUT2D eigenvalue weighted by Crippen LogP contribution is 2.15. The minimum absolute atomic E-state index is 0.543. The van der Waals surface area contributed by atoms with E-state index < -0.39 is 0 Å². The van der Waals surface area contributed by atoms with Crippen molar-refractivity contribution in [1.82, 2.24) is 0 Å². The molecule has 0 fully saturated rings. The first-order valence-corrected chi connectivity index (χ1v) is 7.45. The van der Waals surface area contributed by atoms with Gasteiger partial charge in [0.2, 0.25) is 0 Å². The summed E-state index contributed by atoms with van der Waals surface area (Å²) in [6.45, 7) is 4.21. The van der Waals surface area contributed by atoms with E-state index in [-0.39, 0.29) is 0 Å². The Kier molecular flexibility index (Phi) is 5.64. The molecule has 0 aliphatic carbocycles. The van der Waals surface area contributed by atoms with Gasteiger partial charge in [0.05, 0.1) is 6.54 Å². The lowest BCUT2D eigenvalue weighted by atomic mass is 10.1. The average Bonchev–Trinajstić information content (AvgIpc) is 2.55. The third kappa shape index (κ3) is 4.50. The monoisotopic (exact) mass is 284 g/mol. The minimum Gasteiger partial charge on any atom is -0.492 e. The Bertz CT molecular complexity index is 551. The van der Waals surface area contributed by atoms with Crippen LogP contribution in [0.2, 0.25) is 0 Å². The number of nitrogens with two attached hydrogens (primary N) is 1. The summed E-state index contributed by atoms with van der Waals surface area (Å²) in [4.78, 5) is 2.20. The number of hydrogen-bond donors (Lipinski definition) is 1. The number of rotatable bonds is 7. The van der Waals surface area contributed by atoms with Gasteiger partial charge in [-0.3, -0.25) is 0 Å². The second-order valence-corrected chi connectivity index (χ2v) is 5.14. The van der Waals surface area contributed by atoms with Crippen LogP contribution in [-0.2, 0) is 13.0 Å². The minimum atomic E-state index is 0.543. The van der Waals surface area contributed by atoms with Crippen molar-refractivity contribution < 1.29 is 4.74 Å². The van der Waals surface area contributed by atoms with Crippen LogP contribution in [-0.4, -0.2) is 20.2 Å². The van der Waals surface area contributed by atoms with Crippen LogP contribution < -0.4 is 15.4 Å². The quantitative estimate of drug-likeness (QED) is 0.848. The summed E-state index contributed by atoms with van der Waals surface area (Å²) in [7, 11) is 2.08. The molecule has 0 heterocycles. The lowest BCUT2D eigenvalue weighted by Gasteiger charge is -2.20. The molecular weight excluding hydrogens is 260 g/mol. The van der Waals surface area contributed by atoms with E-state index >= 15 is 0 Å². The van der Waals surface area contributed by atoms with Gasteiger partial charge < -0.3 is 15.4 Å². The maximum Gasteiger partial charge on any atom is 0.119 e. The topological polar surface area (TPSA) is 38.5 Å². The molecule has 21 heavy (non-hydrogen) atoms. The number of benzene rings is 2. The zero-order chi connectivity index (χ0) is 15.1. The standard InChI is InChI=1S/C18H24N2O/c1-3-15-7-9-17(10-8-15)20(2)11-12-21-18-6-4-5-16(13-18)14-19/h4-10,13H,3,11-12,14,19H2,1-2H3. The zero-order valence-corrected chi connectivity index (χ0v) is 12.9. The van der Waals surface area contributed by atoms with E-state index in [1.54, 1.807) is 0 Å². The maximum absolute atomic E-state index is 5.79. The van der Waals surface area contributed by atoms with E-state index in [1.165, 1.54) is 11.3 Å². The number of nitrogens with zero attached hydrogens (tertiary/aromatic N) is 1. The molecule has 0 saturated carbocycles. The zero-order valence-electron chi connectivity index (χ0n) is 12.9. The van der Waals surface area contributed by atoms with Crippen molar-refractivity contribution in [2.24, 2.45) is 5.73 Å². The van der Waals surface area contributed by atoms with Crippen molar-refractivity contribution in [2.45, 2.75) is 19.9 Å². The van der Waals surface area contributed by atoms with Crippen molar-refractivity contribution in [2.75, 3.05) is 25.1 Å². The van der Waals surface area contributed by atoms with E-state index in [4.69, 9.17) is 10.5 Å². The fraction of sp³-hybridized carbons (Fsp3) is 0.333. The molecule has 0 atom stereocenters. The Morgan fingerprint density at radius 3 is 2.48 bits per heavy atom. The van der Waals surface area contributed by atoms with Gasteiger partial charge in [0.25, 0.3) is 0 Å². The van der Waals surface area contributed by atoms with E-state index in [9.17, 15) is 0 Å². The normalized spacial score (nSPS) is 10.4. The SMILES string of the molecule is CCc1ccc(N(C)CCOc2cccc(CN)c2)cc1. The summed E-state index contributed by atoms with van der Waals surface area (Å²) >= 11 is 0. The Balaban J connectivity index is 1.84. The van der Waals surface area contributed by atoms with E-state index in [2.05, 4.69) is 43.1 Å². The molecule has 2 aromatic rings. The Labute approximate surface area is 127 Å². The molecule has 3 heteroatoms. The molecule has 3 nitrogen and oxygen atoms in total. The molecule has 2 N–H and O–H groups in total. The van der Waals surface area contributed by atoms with E-state index in [0.29, 0.717) is 13.2 Å². The lowest BCUT2D eigenvalue weighted by molar-refractivity contribution is 0.325. The molecule has 0 saturated heterocycles. The predicted octanol–water partition coefficient (Wildman–Crippen LogP) is 3.22. The number of hydrogen-bond acceptors (Lipinski definition) is 3. The van der Waals surface area contributed by atoms with Gasteiger partial charge >= 0.3 is 0 Å². The predicted molar refractivity (Wildman–Crippen MR) is 88.9 cm³/mol. The summed E-state index contributed by atoms with van der Waals surface area (Å²) in [5, 5.41) is 0. The molecule has 2 aromatic carbocycles. The molecule has 0 aliphatic heterocycles. The first kappa shape index (κ1) is 15.4. The molecule has 0 aromatic heterocycles. The fourth-order valence-corrected chi connectivity index (χ4v) is 2.18. The summed E-state index contributed by atoms with van der Waals surface area (Å²) < 4.78 is 5.79. The molecule has 0 amide bonds. The molecule has 0 bridgehead atoms. The van der Waals surface area contributed by atoms with Gasteiger partial charge in [-0.2, -0.15) is 0 Å². The number of anilines is 1. The summed E-state index contributed by atoms with van der Waals surface area (Å²) in [6.07, 6.45) is 1.07. The average molecular weight is 284 g/mol. The fourth-order valence-electron chi connectivity index (χ4n) is 2.18. The molecule has 0 aliphatic rings. The summed E-state index contributed by atoms with van der Waals surface area (Å²) in [6, 6.07) is 16.6. The third-order valence-electron chi connectivity index (χ3n) is 3.61. The first-order chi connectivity index (χ1) is 10.2. The largest absolute Gasteiger partial charge is 0.492 e. The number of aryl methyl sites for hydroxylation is 1. The van der Waals surface area contributed by atoms with Gasteiger partial charge in [-0.05, 0) is 41.8 Å². The maximum atomic E-state index is 5.79. The second-order valence-electron chi connectivity index (χ2n) is 5.14. The molecule has 112 valence electrons. The van der Waals surface area contributed by atoms with Gasteiger partial charge in [0.1, 0.15) is 12.4 Å². The molecule has 0 spiro atoms. The highest BCUT2D eigenvalue weighted by atomic mass is 16.5. The Morgan fingerprint density at radius 1 is 1.05 bits per heavy atom. The summed E-state index contributed by atoms with van der Waals surface area (Å²) in [5.74, 6) is 0.882. The van der Waals surface area contributed by atoms with Crippen molar-refractivity contribution in [3.8, 4) is 5.75 Å². The van der Waals surface area contributed by atoms with Crippen LogP contribution in [0.5, 0.6) is 5.75 Å². The second kappa shape index (κ2) is 7.70. The van der Waals surface area contributed by atoms with Crippen LogP contribution in [0.3, 0.4) is 0 Å². The highest BCUT2D eigenvalue weighted by molar-refractivity contribution is 5.46. The van der Waals surface area contributed by atoms with Crippen LogP contribution in [0.25, 0.3) is 0 Å². The number of ether oxygens (including phenoxy) is 1. The molecule has 0 unspecified atom stereocenters. The molecule has 2 rings (SSSR count). The van der Waals surface area contributed by atoms with Crippen molar-refractivity contribution >= 4 is 5.69 Å². The lowest BCUT2D eigenvalue weighted by Crippen LogP contribution is -2.23. The highest BCUT2D eigenvalue weighted by Gasteiger charge is 2.02. The van der Waals surface area contributed by atoms with Gasteiger partial charge in [0.15, 0.2) is 0 Å². The van der Waals surface area contributed by atoms with Gasteiger partial charge in [-0.1, -0.05) is 31.2 Å². The van der Waals surface area contributed by atoms with Crippen LogP contribution >= 0.6 is 0 Å². The van der Waals surface area contributed by atoms with Crippen LogP contribution in [0.15, 0.2) is 48.5 Å². The van der Waals surface area contributed by atoms with E-state index in [1.807, 2.05) is 24.3 Å². The molecular formula is C18H24N2O. The summed E-state index contributed by atoms with van der Waals surface area (Å²) in [5.41, 5.74) is 9.30. The van der Waals surface area contributed by atoms with Crippen LogP contribution in [0, 0.1) is 0 Å². The van der Waals surface area contributed by atoms with Crippen molar-refractivity contribution in [1.29, 1.82) is 0 Å². The van der Waals surface area contributed by atoms with Crippen LogP contribution in [0.4, 0.5) is 5.69 Å². The van der Waals surface area contributed by atoms with Crippen LogP contribution in [0.1, 0.15) is 18.1 Å².